The number of aromatic hydroxyl groups is 2. The fraction of sp³-hybridized carbons (Fsp3) is 0.587. The first-order valence-electron chi connectivity index (χ1n) is 30.6. The Bertz CT molecular complexity index is 3270. The molecule has 25 nitrogen and oxygen atoms in total. The van der Waals surface area contributed by atoms with E-state index in [1.54, 1.807) is 29.2 Å². The highest BCUT2D eigenvalue weighted by atomic mass is 16.6. The number of nitrogens with one attached hydrogen (secondary N) is 6. The molecule has 3 aromatic carbocycles. The molecule has 8 aliphatic rings. The average Bonchev–Trinajstić information content (AvgIpc) is 1.47. The number of ether oxygens (including phenoxy) is 2. The molecule has 12 atom stereocenters. The van der Waals surface area contributed by atoms with Crippen LogP contribution in [0.4, 0.5) is 0 Å². The molecule has 3 aliphatic carbocycles. The van der Waals surface area contributed by atoms with E-state index in [4.69, 9.17) is 15.2 Å². The zero-order valence-corrected chi connectivity index (χ0v) is 50.5. The first-order chi connectivity index (χ1) is 41.7. The second-order valence-electron chi connectivity index (χ2n) is 27.2. The summed E-state index contributed by atoms with van der Waals surface area (Å²) in [6.45, 7) is 12.5. The number of carbonyl (C=O) groups is 8. The molecule has 1 spiro atoms. The number of primary amides is 1. The first-order valence-corrected chi connectivity index (χ1v) is 30.6. The van der Waals surface area contributed by atoms with Crippen LogP contribution < -0.4 is 42.4 Å². The van der Waals surface area contributed by atoms with E-state index in [0.717, 1.165) is 0 Å². The Kier molecular flexibility index (Phi) is 16.6. The van der Waals surface area contributed by atoms with Crippen molar-refractivity contribution >= 4 is 47.3 Å². The third-order valence-corrected chi connectivity index (χ3v) is 21.1. The summed E-state index contributed by atoms with van der Waals surface area (Å²) >= 11 is 0. The number of nitrogens with zero attached hydrogens (tertiary/aromatic N) is 3. The van der Waals surface area contributed by atoms with Crippen molar-refractivity contribution in [3.63, 3.8) is 0 Å². The van der Waals surface area contributed by atoms with Gasteiger partial charge in [-0.2, -0.15) is 0 Å². The Labute approximate surface area is 509 Å². The van der Waals surface area contributed by atoms with Gasteiger partial charge in [0.15, 0.2) is 5.60 Å². The lowest BCUT2D eigenvalue weighted by Gasteiger charge is -2.51. The second-order valence-corrected chi connectivity index (χ2v) is 27.2. The van der Waals surface area contributed by atoms with Gasteiger partial charge >= 0.3 is 5.97 Å². The van der Waals surface area contributed by atoms with Crippen LogP contribution in [0.15, 0.2) is 54.6 Å². The lowest BCUT2D eigenvalue weighted by Crippen LogP contribution is -2.64. The molecule has 88 heavy (non-hydrogen) atoms. The van der Waals surface area contributed by atoms with E-state index in [2.05, 4.69) is 31.9 Å². The highest BCUT2D eigenvalue weighted by molar-refractivity contribution is 6.09. The van der Waals surface area contributed by atoms with Crippen LogP contribution in [0.1, 0.15) is 117 Å². The number of β-amino-alcohol motifs (C(OH)–C–C–N with tert-alkyl or cyclic N) is 3. The van der Waals surface area contributed by atoms with Crippen molar-refractivity contribution < 1.29 is 73.4 Å². The summed E-state index contributed by atoms with van der Waals surface area (Å²) in [5.41, 5.74) is 3.33. The summed E-state index contributed by atoms with van der Waals surface area (Å²) in [7, 11) is 0. The van der Waals surface area contributed by atoms with Gasteiger partial charge in [0.1, 0.15) is 23.0 Å². The summed E-state index contributed by atoms with van der Waals surface area (Å²) in [6.07, 6.45) is 1.96. The maximum Gasteiger partial charge on any atom is 0.340 e. The van der Waals surface area contributed by atoms with Gasteiger partial charge in [0.25, 0.3) is 5.91 Å². The second kappa shape index (κ2) is 23.5. The van der Waals surface area contributed by atoms with Gasteiger partial charge in [-0.25, -0.2) is 4.79 Å². The molecule has 3 saturated carbocycles. The molecule has 3 aromatic rings. The van der Waals surface area contributed by atoms with E-state index in [0.29, 0.717) is 68.4 Å². The molecule has 0 bridgehead atoms. The molecule has 11 rings (SSSR count). The predicted octanol–water partition coefficient (Wildman–Crippen LogP) is 0.0116. The zero-order chi connectivity index (χ0) is 63.1. The number of amides is 7. The van der Waals surface area contributed by atoms with Gasteiger partial charge in [-0.3, -0.25) is 48.3 Å². The Morgan fingerprint density at radius 3 is 1.32 bits per heavy atom. The van der Waals surface area contributed by atoms with E-state index in [9.17, 15) is 63.9 Å². The van der Waals surface area contributed by atoms with Gasteiger partial charge < -0.3 is 72.6 Å². The van der Waals surface area contributed by atoms with Crippen LogP contribution in [-0.4, -0.2) is 201 Å². The van der Waals surface area contributed by atoms with Gasteiger partial charge in [0.05, 0.1) is 49.1 Å². The Balaban J connectivity index is 0.654. The number of fused-ring (bicyclic) bond motifs is 6. The number of likely N-dealkylation sites (tertiary alicyclic amines) is 3. The minimum atomic E-state index is -1.57. The number of aliphatic hydroxyl groups excluding tert-OH is 3. The summed E-state index contributed by atoms with van der Waals surface area (Å²) in [4.78, 5) is 115. The van der Waals surface area contributed by atoms with Crippen molar-refractivity contribution in [3.05, 3.63) is 82.4 Å². The molecule has 13 N–H and O–H groups in total. The number of rotatable bonds is 19. The summed E-state index contributed by atoms with van der Waals surface area (Å²) in [5, 5.41) is 68.9. The van der Waals surface area contributed by atoms with Crippen LogP contribution in [0, 0.1) is 34.0 Å². The van der Waals surface area contributed by atoms with E-state index in [-0.39, 0.29) is 128 Å². The van der Waals surface area contributed by atoms with Crippen molar-refractivity contribution in [1.29, 1.82) is 0 Å². The molecule has 3 saturated heterocycles. The quantitative estimate of drug-likeness (QED) is 0.0704. The van der Waals surface area contributed by atoms with Crippen molar-refractivity contribution in [1.82, 2.24) is 46.6 Å². The van der Waals surface area contributed by atoms with E-state index in [1.165, 1.54) is 30.3 Å². The number of hydrogen-bond donors (Lipinski definition) is 12. The van der Waals surface area contributed by atoms with E-state index >= 15 is 0 Å². The highest BCUT2D eigenvalue weighted by Crippen LogP contribution is 2.58. The SMILES string of the molecule is CC1(C)C(NC(=O)[C@@H]2C[C@H](NC(=O)[C@H]3C[C@@H](NC(=O)[C@@H]4C[C@H](NC(=O)[C@H]5C[C@@H](NC(=O)c6cccc7c6C(=O)OC76c7ccc(O)cc7Oc7cc(O)ccc76)C5(C)C)CN4CCO)C3(C)C)CN2CCO)C[C@@H]1C(=O)N[C@H]1C[C@@H](C(N)=O)N(CCO)C1. The maximum atomic E-state index is 14.3. The predicted molar refractivity (Wildman–Crippen MR) is 315 cm³/mol. The third-order valence-electron chi connectivity index (χ3n) is 21.1. The highest BCUT2D eigenvalue weighted by Gasteiger charge is 2.59. The minimum Gasteiger partial charge on any atom is -0.508 e. The van der Waals surface area contributed by atoms with Crippen LogP contribution in [0.25, 0.3) is 0 Å². The minimum absolute atomic E-state index is 0.0446. The number of carbonyl (C=O) groups excluding carboxylic acids is 8. The number of hydrogen-bond acceptors (Lipinski definition) is 18. The largest absolute Gasteiger partial charge is 0.508 e. The van der Waals surface area contributed by atoms with Crippen molar-refractivity contribution in [2.45, 2.75) is 140 Å². The van der Waals surface area contributed by atoms with Crippen LogP contribution >= 0.6 is 0 Å². The molecular weight excluding hydrogens is 1140 g/mol. The van der Waals surface area contributed by atoms with Gasteiger partial charge in [0.2, 0.25) is 35.4 Å². The Hall–Kier alpha value is -7.42. The fourth-order valence-corrected chi connectivity index (χ4v) is 15.5. The Morgan fingerprint density at radius 1 is 0.523 bits per heavy atom. The number of phenolic OH excluding ortho intramolecular Hbond substituents is 2. The summed E-state index contributed by atoms with van der Waals surface area (Å²) in [6, 6.07) is 9.48. The van der Waals surface area contributed by atoms with Gasteiger partial charge in [-0.1, -0.05) is 53.7 Å². The summed E-state index contributed by atoms with van der Waals surface area (Å²) in [5.74, 6) is -4.18. The van der Waals surface area contributed by atoms with Crippen LogP contribution in [0.2, 0.25) is 0 Å². The monoisotopic (exact) mass is 1220 g/mol. The first kappa shape index (κ1) is 62.2. The number of esters is 1. The molecule has 25 heteroatoms. The molecule has 5 aliphatic heterocycles. The van der Waals surface area contributed by atoms with Gasteiger partial charge in [-0.15, -0.1) is 0 Å². The standard InChI is InChI=1S/C63H82N10O15/c1-60(2)40(25-48(60)68-53(80)36-8-7-9-39-51(36)59(86)88-63(39)37-12-10-34(77)23-46(37)87-47-24-35(78)11-13-38(47)63)55(82)66-32-21-44(72(29-32)15-18-75)58(85)70-50-27-42(62(50,5)6)56(83)67-33-22-45(73(30-33)16-19-76)57(84)69-49-26-41(61(49,3)4)54(81)65-31-20-43(52(64)79)71(28-31)14-17-74/h7-13,23-24,31-33,40-45,48-50,74-78H,14-22,25-30H2,1-6H3,(H2,64,79)(H,65,81)(H,66,82)(H,67,83)(H,68,80)(H,69,84)(H,70,85)/t31-,32-,33-,40+,41+,42+,43-,44-,45-,48+,49?,50+/m0/s1. The molecule has 0 aromatic heterocycles. The molecule has 5 heterocycles. The van der Waals surface area contributed by atoms with Crippen LogP contribution in [0.5, 0.6) is 23.0 Å². The maximum absolute atomic E-state index is 14.3. The topological polar surface area (TPSA) is 364 Å². The van der Waals surface area contributed by atoms with Crippen LogP contribution in [0.3, 0.4) is 0 Å². The molecule has 6 fully saturated rings. The summed E-state index contributed by atoms with van der Waals surface area (Å²) < 4.78 is 12.3. The zero-order valence-electron chi connectivity index (χ0n) is 50.5. The lowest BCUT2D eigenvalue weighted by atomic mass is 9.58. The number of benzene rings is 3. The number of phenols is 2. The smallest absolute Gasteiger partial charge is 0.340 e. The van der Waals surface area contributed by atoms with Crippen molar-refractivity contribution in [2.75, 3.05) is 59.1 Å². The van der Waals surface area contributed by atoms with Crippen molar-refractivity contribution in [2.24, 2.45) is 39.7 Å². The van der Waals surface area contributed by atoms with E-state index in [1.807, 2.05) is 51.3 Å². The fourth-order valence-electron chi connectivity index (χ4n) is 15.5. The lowest BCUT2D eigenvalue weighted by molar-refractivity contribution is -0.142. The molecule has 7 amide bonds. The van der Waals surface area contributed by atoms with Crippen LogP contribution in [-0.2, 0) is 39.1 Å². The number of aliphatic hydroxyl groups is 3. The average molecular weight is 1220 g/mol. The normalized spacial score (nSPS) is 30.2. The van der Waals surface area contributed by atoms with Gasteiger partial charge in [-0.05, 0) is 85.1 Å². The van der Waals surface area contributed by atoms with Crippen molar-refractivity contribution in [3.8, 4) is 23.0 Å². The molecular formula is C63H82N10O15. The van der Waals surface area contributed by atoms with E-state index < -0.39 is 93.6 Å². The Morgan fingerprint density at radius 2 is 0.920 bits per heavy atom. The third kappa shape index (κ3) is 10.9. The van der Waals surface area contributed by atoms with Gasteiger partial charge in [0, 0.05) is 122 Å². The number of nitrogens with two attached hydrogens (primary N) is 1. The molecule has 0 radical (unpaired) electrons. The molecule has 474 valence electrons. The molecule has 1 unspecified atom stereocenters.